The SMILES string of the molecule is COc1ccc(C)cc1C(C)(CO)NCC(C)C. The number of aryl methyl sites for hydroxylation is 1. The van der Waals surface area contributed by atoms with Gasteiger partial charge in [-0.2, -0.15) is 0 Å². The molecular weight excluding hydrogens is 226 g/mol. The first-order valence-corrected chi connectivity index (χ1v) is 6.44. The Morgan fingerprint density at radius 2 is 2.06 bits per heavy atom. The Balaban J connectivity index is 3.09. The van der Waals surface area contributed by atoms with E-state index >= 15 is 0 Å². The van der Waals surface area contributed by atoms with E-state index in [0.717, 1.165) is 23.4 Å². The summed E-state index contributed by atoms with van der Waals surface area (Å²) in [6, 6.07) is 6.04. The Hall–Kier alpha value is -1.06. The normalized spacial score (nSPS) is 14.6. The van der Waals surface area contributed by atoms with E-state index in [-0.39, 0.29) is 6.61 Å². The predicted molar refractivity (Wildman–Crippen MR) is 75.0 cm³/mol. The van der Waals surface area contributed by atoms with Crippen LogP contribution in [0.5, 0.6) is 5.75 Å². The van der Waals surface area contributed by atoms with Crippen molar-refractivity contribution in [1.29, 1.82) is 0 Å². The molecule has 2 N–H and O–H groups in total. The van der Waals surface area contributed by atoms with Gasteiger partial charge in [0, 0.05) is 5.56 Å². The molecule has 0 aromatic heterocycles. The lowest BCUT2D eigenvalue weighted by atomic mass is 9.90. The summed E-state index contributed by atoms with van der Waals surface area (Å²) in [7, 11) is 1.66. The van der Waals surface area contributed by atoms with E-state index in [0.29, 0.717) is 5.92 Å². The number of aliphatic hydroxyl groups excluding tert-OH is 1. The van der Waals surface area contributed by atoms with Crippen LogP contribution in [0.4, 0.5) is 0 Å². The lowest BCUT2D eigenvalue weighted by Crippen LogP contribution is -2.44. The molecule has 0 amide bonds. The smallest absolute Gasteiger partial charge is 0.124 e. The highest BCUT2D eigenvalue weighted by molar-refractivity contribution is 5.41. The first kappa shape index (κ1) is 15.0. The zero-order valence-electron chi connectivity index (χ0n) is 12.1. The molecule has 1 aromatic carbocycles. The van der Waals surface area contributed by atoms with Gasteiger partial charge in [-0.1, -0.05) is 31.5 Å². The van der Waals surface area contributed by atoms with Gasteiger partial charge in [0.2, 0.25) is 0 Å². The molecule has 0 heterocycles. The minimum Gasteiger partial charge on any atom is -0.496 e. The highest BCUT2D eigenvalue weighted by atomic mass is 16.5. The van der Waals surface area contributed by atoms with Crippen LogP contribution >= 0.6 is 0 Å². The third kappa shape index (κ3) is 3.47. The van der Waals surface area contributed by atoms with E-state index in [1.165, 1.54) is 0 Å². The summed E-state index contributed by atoms with van der Waals surface area (Å²) in [4.78, 5) is 0. The van der Waals surface area contributed by atoms with E-state index in [1.54, 1.807) is 7.11 Å². The van der Waals surface area contributed by atoms with Crippen LogP contribution in [-0.2, 0) is 5.54 Å². The summed E-state index contributed by atoms with van der Waals surface area (Å²) in [5.41, 5.74) is 1.70. The van der Waals surface area contributed by atoms with Crippen LogP contribution in [0.1, 0.15) is 31.9 Å². The molecule has 18 heavy (non-hydrogen) atoms. The highest BCUT2D eigenvalue weighted by Crippen LogP contribution is 2.30. The number of methoxy groups -OCH3 is 1. The van der Waals surface area contributed by atoms with Crippen molar-refractivity contribution in [3.8, 4) is 5.75 Å². The number of aliphatic hydroxyl groups is 1. The monoisotopic (exact) mass is 251 g/mol. The van der Waals surface area contributed by atoms with Crippen molar-refractivity contribution in [3.63, 3.8) is 0 Å². The number of nitrogens with one attached hydrogen (secondary N) is 1. The van der Waals surface area contributed by atoms with Crippen LogP contribution in [0.3, 0.4) is 0 Å². The lowest BCUT2D eigenvalue weighted by molar-refractivity contribution is 0.167. The Kier molecular flexibility index (Phi) is 5.17. The van der Waals surface area contributed by atoms with Gasteiger partial charge in [0.15, 0.2) is 0 Å². The zero-order chi connectivity index (χ0) is 13.8. The summed E-state index contributed by atoms with van der Waals surface area (Å²) >= 11 is 0. The molecule has 1 unspecified atom stereocenters. The fraction of sp³-hybridized carbons (Fsp3) is 0.600. The molecule has 1 atom stereocenters. The molecule has 1 aromatic rings. The first-order chi connectivity index (χ1) is 8.42. The second-order valence-electron chi connectivity index (χ2n) is 5.47. The second-order valence-corrected chi connectivity index (χ2v) is 5.47. The average Bonchev–Trinajstić information content (AvgIpc) is 2.36. The summed E-state index contributed by atoms with van der Waals surface area (Å²) in [6.45, 7) is 9.25. The number of ether oxygens (including phenoxy) is 1. The molecule has 0 bridgehead atoms. The summed E-state index contributed by atoms with van der Waals surface area (Å²) < 4.78 is 5.40. The quantitative estimate of drug-likeness (QED) is 0.816. The van der Waals surface area contributed by atoms with Crippen molar-refractivity contribution in [3.05, 3.63) is 29.3 Å². The molecule has 1 rings (SSSR count). The number of hydrogen-bond acceptors (Lipinski definition) is 3. The highest BCUT2D eigenvalue weighted by Gasteiger charge is 2.28. The van der Waals surface area contributed by atoms with Gasteiger partial charge in [-0.15, -0.1) is 0 Å². The minimum atomic E-state index is -0.471. The van der Waals surface area contributed by atoms with E-state index < -0.39 is 5.54 Å². The molecule has 102 valence electrons. The van der Waals surface area contributed by atoms with Gasteiger partial charge in [0.05, 0.1) is 19.3 Å². The van der Waals surface area contributed by atoms with Crippen molar-refractivity contribution in [2.45, 2.75) is 33.2 Å². The molecule has 3 nitrogen and oxygen atoms in total. The van der Waals surface area contributed by atoms with Crippen molar-refractivity contribution >= 4 is 0 Å². The van der Waals surface area contributed by atoms with E-state index in [1.807, 2.05) is 26.0 Å². The maximum absolute atomic E-state index is 9.74. The maximum atomic E-state index is 9.74. The Morgan fingerprint density at radius 3 is 2.56 bits per heavy atom. The predicted octanol–water partition coefficient (Wildman–Crippen LogP) is 2.46. The van der Waals surface area contributed by atoms with Crippen LogP contribution in [0.2, 0.25) is 0 Å². The van der Waals surface area contributed by atoms with Gasteiger partial charge < -0.3 is 15.2 Å². The Bertz CT molecular complexity index is 390. The first-order valence-electron chi connectivity index (χ1n) is 6.44. The summed E-state index contributed by atoms with van der Waals surface area (Å²) in [5.74, 6) is 1.35. The van der Waals surface area contributed by atoms with Gasteiger partial charge in [0.25, 0.3) is 0 Å². The maximum Gasteiger partial charge on any atom is 0.124 e. The molecule has 3 heteroatoms. The Morgan fingerprint density at radius 1 is 1.39 bits per heavy atom. The molecule has 0 radical (unpaired) electrons. The van der Waals surface area contributed by atoms with E-state index in [2.05, 4.69) is 25.2 Å². The number of hydrogen-bond donors (Lipinski definition) is 2. The lowest BCUT2D eigenvalue weighted by Gasteiger charge is -2.32. The van der Waals surface area contributed by atoms with Gasteiger partial charge in [-0.3, -0.25) is 0 Å². The van der Waals surface area contributed by atoms with Crippen molar-refractivity contribution in [2.75, 3.05) is 20.3 Å². The standard InChI is InChI=1S/C15H25NO2/c1-11(2)9-16-15(4,10-17)13-8-12(3)6-7-14(13)18-5/h6-8,11,16-17H,9-10H2,1-5H3. The Labute approximate surface area is 110 Å². The van der Waals surface area contributed by atoms with Crippen LogP contribution < -0.4 is 10.1 Å². The zero-order valence-corrected chi connectivity index (χ0v) is 12.1. The topological polar surface area (TPSA) is 41.5 Å². The third-order valence-corrected chi connectivity index (χ3v) is 3.17. The molecular formula is C15H25NO2. The largest absolute Gasteiger partial charge is 0.496 e. The van der Waals surface area contributed by atoms with Gasteiger partial charge >= 0.3 is 0 Å². The van der Waals surface area contributed by atoms with E-state index in [9.17, 15) is 5.11 Å². The molecule has 0 aliphatic heterocycles. The summed E-state index contributed by atoms with van der Waals surface area (Å²) in [5, 5.41) is 13.2. The average molecular weight is 251 g/mol. The second kappa shape index (κ2) is 6.21. The van der Waals surface area contributed by atoms with Crippen molar-refractivity contribution in [1.82, 2.24) is 5.32 Å². The molecule has 0 aliphatic rings. The van der Waals surface area contributed by atoms with Gasteiger partial charge in [-0.25, -0.2) is 0 Å². The molecule has 0 spiro atoms. The summed E-state index contributed by atoms with van der Waals surface area (Å²) in [6.07, 6.45) is 0. The van der Waals surface area contributed by atoms with Crippen LogP contribution in [0.15, 0.2) is 18.2 Å². The third-order valence-electron chi connectivity index (χ3n) is 3.17. The molecule has 0 saturated carbocycles. The van der Waals surface area contributed by atoms with E-state index in [4.69, 9.17) is 4.74 Å². The molecule has 0 aliphatic carbocycles. The van der Waals surface area contributed by atoms with Gasteiger partial charge in [-0.05, 0) is 32.4 Å². The van der Waals surface area contributed by atoms with Crippen LogP contribution in [0.25, 0.3) is 0 Å². The fourth-order valence-electron chi connectivity index (χ4n) is 1.92. The molecule has 0 saturated heterocycles. The molecule has 0 fully saturated rings. The van der Waals surface area contributed by atoms with Gasteiger partial charge in [0.1, 0.15) is 5.75 Å². The minimum absolute atomic E-state index is 0.0412. The van der Waals surface area contributed by atoms with Crippen molar-refractivity contribution in [2.24, 2.45) is 5.92 Å². The number of rotatable bonds is 6. The van der Waals surface area contributed by atoms with Crippen LogP contribution in [0, 0.1) is 12.8 Å². The number of benzene rings is 1. The van der Waals surface area contributed by atoms with Crippen LogP contribution in [-0.4, -0.2) is 25.4 Å². The van der Waals surface area contributed by atoms with Crippen molar-refractivity contribution < 1.29 is 9.84 Å². The fourth-order valence-corrected chi connectivity index (χ4v) is 1.92.